The molecule has 0 radical (unpaired) electrons. The number of hydrogen-bond acceptors (Lipinski definition) is 3. The lowest BCUT2D eigenvalue weighted by molar-refractivity contribution is -0.154. The summed E-state index contributed by atoms with van der Waals surface area (Å²) in [6.45, 7) is 7.65. The number of esters is 1. The fourth-order valence-electron chi connectivity index (χ4n) is 1.93. The Balaban J connectivity index is 2.02. The average molecular weight is 260 g/mol. The zero-order valence-electron chi connectivity index (χ0n) is 11.9. The van der Waals surface area contributed by atoms with Crippen LogP contribution in [0.2, 0.25) is 0 Å². The molecule has 0 amide bonds. The Bertz CT molecular complexity index is 594. The molecule has 2 heterocycles. The summed E-state index contributed by atoms with van der Waals surface area (Å²) in [5.74, 6) is -0.157. The second-order valence-corrected chi connectivity index (χ2v) is 5.75. The summed E-state index contributed by atoms with van der Waals surface area (Å²) in [4.78, 5) is 15.9. The monoisotopic (exact) mass is 260 g/mol. The van der Waals surface area contributed by atoms with E-state index in [2.05, 4.69) is 4.98 Å². The van der Waals surface area contributed by atoms with Crippen LogP contribution in [0.15, 0.2) is 24.5 Å². The molecule has 0 aliphatic carbocycles. The fraction of sp³-hybridized carbons (Fsp3) is 0.467. The Hall–Kier alpha value is -1.84. The standard InChI is InChI=1S/C15H20N2O2/c1-11-9-16-13-7-5-12(10-17(11)13)6-8-14(18)19-15(2,3)4/h5,7,9-10H,6,8H2,1-4H3. The Morgan fingerprint density at radius 2 is 2.11 bits per heavy atom. The van der Waals surface area contributed by atoms with E-state index in [0.717, 1.165) is 16.9 Å². The predicted molar refractivity (Wildman–Crippen MR) is 74.1 cm³/mol. The quantitative estimate of drug-likeness (QED) is 0.797. The van der Waals surface area contributed by atoms with Gasteiger partial charge >= 0.3 is 5.97 Å². The number of hydrogen-bond donors (Lipinski definition) is 0. The minimum Gasteiger partial charge on any atom is -0.460 e. The van der Waals surface area contributed by atoms with Crippen LogP contribution >= 0.6 is 0 Å². The van der Waals surface area contributed by atoms with Gasteiger partial charge in [-0.2, -0.15) is 0 Å². The molecule has 102 valence electrons. The molecule has 4 heteroatoms. The number of rotatable bonds is 3. The summed E-state index contributed by atoms with van der Waals surface area (Å²) in [6.07, 6.45) is 4.95. The molecule has 19 heavy (non-hydrogen) atoms. The Labute approximate surface area is 113 Å². The van der Waals surface area contributed by atoms with Gasteiger partial charge in [0.05, 0.1) is 0 Å². The van der Waals surface area contributed by atoms with Gasteiger partial charge in [-0.1, -0.05) is 6.07 Å². The highest BCUT2D eigenvalue weighted by molar-refractivity contribution is 5.70. The number of imidazole rings is 1. The molecule has 0 aliphatic heterocycles. The van der Waals surface area contributed by atoms with E-state index in [0.29, 0.717) is 12.8 Å². The van der Waals surface area contributed by atoms with Gasteiger partial charge in [-0.15, -0.1) is 0 Å². The molecule has 2 aromatic heterocycles. The molecule has 0 spiro atoms. The van der Waals surface area contributed by atoms with E-state index in [-0.39, 0.29) is 5.97 Å². The molecule has 0 N–H and O–H groups in total. The van der Waals surface area contributed by atoms with Crippen LogP contribution in [0, 0.1) is 6.92 Å². The van der Waals surface area contributed by atoms with Crippen molar-refractivity contribution in [3.8, 4) is 0 Å². The second kappa shape index (κ2) is 5.03. The lowest BCUT2D eigenvalue weighted by Crippen LogP contribution is -2.24. The van der Waals surface area contributed by atoms with Gasteiger partial charge in [-0.05, 0) is 45.7 Å². The molecule has 2 rings (SSSR count). The van der Waals surface area contributed by atoms with E-state index in [9.17, 15) is 4.79 Å². The third-order valence-electron chi connectivity index (χ3n) is 2.79. The van der Waals surface area contributed by atoms with Crippen molar-refractivity contribution in [2.75, 3.05) is 0 Å². The normalized spacial score (nSPS) is 11.8. The lowest BCUT2D eigenvalue weighted by atomic mass is 10.1. The number of aromatic nitrogens is 2. The maximum absolute atomic E-state index is 11.7. The molecule has 0 unspecified atom stereocenters. The summed E-state index contributed by atoms with van der Waals surface area (Å²) in [7, 11) is 0. The van der Waals surface area contributed by atoms with Gasteiger partial charge in [0.1, 0.15) is 11.2 Å². The maximum Gasteiger partial charge on any atom is 0.306 e. The summed E-state index contributed by atoms with van der Waals surface area (Å²) in [5, 5.41) is 0. The van der Waals surface area contributed by atoms with Crippen LogP contribution < -0.4 is 0 Å². The highest BCUT2D eigenvalue weighted by Gasteiger charge is 2.15. The minimum absolute atomic E-state index is 0.157. The van der Waals surface area contributed by atoms with E-state index < -0.39 is 5.60 Å². The summed E-state index contributed by atoms with van der Waals surface area (Å²) in [5.41, 5.74) is 2.72. The van der Waals surface area contributed by atoms with Crippen molar-refractivity contribution in [2.45, 2.75) is 46.1 Å². The fourth-order valence-corrected chi connectivity index (χ4v) is 1.93. The molecule has 2 aromatic rings. The predicted octanol–water partition coefficient (Wildman–Crippen LogP) is 2.92. The zero-order valence-corrected chi connectivity index (χ0v) is 11.9. The van der Waals surface area contributed by atoms with Crippen LogP contribution in [0.3, 0.4) is 0 Å². The van der Waals surface area contributed by atoms with Crippen molar-refractivity contribution in [1.82, 2.24) is 9.38 Å². The number of ether oxygens (including phenoxy) is 1. The molecule has 0 saturated heterocycles. The van der Waals surface area contributed by atoms with Crippen LogP contribution in [0.25, 0.3) is 5.65 Å². The van der Waals surface area contributed by atoms with Gasteiger partial charge in [0.2, 0.25) is 0 Å². The van der Waals surface area contributed by atoms with E-state index in [1.807, 2.05) is 56.6 Å². The zero-order chi connectivity index (χ0) is 14.0. The van der Waals surface area contributed by atoms with Crippen LogP contribution in [0.4, 0.5) is 0 Å². The van der Waals surface area contributed by atoms with E-state index in [1.54, 1.807) is 0 Å². The van der Waals surface area contributed by atoms with Gasteiger partial charge in [0.25, 0.3) is 0 Å². The first kappa shape index (κ1) is 13.6. The number of nitrogens with zero attached hydrogens (tertiary/aromatic N) is 2. The first-order chi connectivity index (χ1) is 8.85. The van der Waals surface area contributed by atoms with Gasteiger partial charge in [-0.25, -0.2) is 4.98 Å². The van der Waals surface area contributed by atoms with Crippen molar-refractivity contribution < 1.29 is 9.53 Å². The number of carbonyl (C=O) groups excluding carboxylic acids is 1. The summed E-state index contributed by atoms with van der Waals surface area (Å²) < 4.78 is 7.33. The highest BCUT2D eigenvalue weighted by atomic mass is 16.6. The van der Waals surface area contributed by atoms with Crippen LogP contribution in [-0.2, 0) is 16.0 Å². The van der Waals surface area contributed by atoms with Crippen molar-refractivity contribution in [1.29, 1.82) is 0 Å². The van der Waals surface area contributed by atoms with E-state index in [4.69, 9.17) is 4.74 Å². The lowest BCUT2D eigenvalue weighted by Gasteiger charge is -2.19. The third kappa shape index (κ3) is 3.56. The van der Waals surface area contributed by atoms with Crippen LogP contribution in [0.1, 0.15) is 38.4 Å². The third-order valence-corrected chi connectivity index (χ3v) is 2.79. The van der Waals surface area contributed by atoms with Gasteiger partial charge in [0, 0.05) is 24.5 Å². The van der Waals surface area contributed by atoms with Gasteiger partial charge in [-0.3, -0.25) is 4.79 Å². The molecule has 0 fully saturated rings. The highest BCUT2D eigenvalue weighted by Crippen LogP contribution is 2.12. The summed E-state index contributed by atoms with van der Waals surface area (Å²) >= 11 is 0. The number of pyridine rings is 1. The van der Waals surface area contributed by atoms with Crippen LogP contribution in [0.5, 0.6) is 0 Å². The Kier molecular flexibility index (Phi) is 3.60. The average Bonchev–Trinajstić information content (AvgIpc) is 2.66. The molecule has 0 aliphatic rings. The van der Waals surface area contributed by atoms with Crippen molar-refractivity contribution in [3.63, 3.8) is 0 Å². The molecular weight excluding hydrogens is 240 g/mol. The SMILES string of the molecule is Cc1cnc2ccc(CCC(=O)OC(C)(C)C)cn12. The van der Waals surface area contributed by atoms with Crippen molar-refractivity contribution in [3.05, 3.63) is 35.8 Å². The molecule has 0 atom stereocenters. The number of carbonyl (C=O) groups is 1. The molecule has 0 aromatic carbocycles. The molecular formula is C15H20N2O2. The van der Waals surface area contributed by atoms with Gasteiger partial charge < -0.3 is 9.14 Å². The largest absolute Gasteiger partial charge is 0.460 e. The van der Waals surface area contributed by atoms with Gasteiger partial charge in [0.15, 0.2) is 0 Å². The molecule has 0 bridgehead atoms. The van der Waals surface area contributed by atoms with Crippen LogP contribution in [-0.4, -0.2) is 21.0 Å². The molecule has 0 saturated carbocycles. The minimum atomic E-state index is -0.415. The van der Waals surface area contributed by atoms with Crippen molar-refractivity contribution in [2.24, 2.45) is 0 Å². The van der Waals surface area contributed by atoms with E-state index in [1.165, 1.54) is 0 Å². The second-order valence-electron chi connectivity index (χ2n) is 5.75. The maximum atomic E-state index is 11.7. The first-order valence-electron chi connectivity index (χ1n) is 6.49. The van der Waals surface area contributed by atoms with Crippen molar-refractivity contribution >= 4 is 11.6 Å². The molecule has 4 nitrogen and oxygen atoms in total. The summed E-state index contributed by atoms with van der Waals surface area (Å²) in [6, 6.07) is 3.98. The smallest absolute Gasteiger partial charge is 0.306 e. The number of fused-ring (bicyclic) bond motifs is 1. The Morgan fingerprint density at radius 3 is 2.79 bits per heavy atom. The van der Waals surface area contributed by atoms with E-state index >= 15 is 0 Å². The Morgan fingerprint density at radius 1 is 1.37 bits per heavy atom. The number of aryl methyl sites for hydroxylation is 2. The first-order valence-corrected chi connectivity index (χ1v) is 6.49. The topological polar surface area (TPSA) is 43.6 Å².